The largest absolute Gasteiger partial charge is 0.323 e. The molecule has 0 amide bonds. The topological polar surface area (TPSA) is 26.0 Å². The van der Waals surface area contributed by atoms with Gasteiger partial charge in [0.05, 0.1) is 0 Å². The molecule has 0 radical (unpaired) electrons. The minimum absolute atomic E-state index is 0.0272. The second kappa shape index (κ2) is 5.49. The summed E-state index contributed by atoms with van der Waals surface area (Å²) in [7, 11) is 0. The SMILES string of the molecule is Cc1ccc(CC(N)c2c(F)ccc(C)c2F)cc1. The van der Waals surface area contributed by atoms with Crippen LogP contribution >= 0.6 is 0 Å². The minimum Gasteiger partial charge on any atom is -0.323 e. The minimum atomic E-state index is -0.678. The maximum atomic E-state index is 14.0. The Hall–Kier alpha value is -1.74. The Morgan fingerprint density at radius 2 is 1.63 bits per heavy atom. The lowest BCUT2D eigenvalue weighted by Crippen LogP contribution is -2.17. The van der Waals surface area contributed by atoms with Crippen molar-refractivity contribution in [2.24, 2.45) is 5.73 Å². The monoisotopic (exact) mass is 261 g/mol. The molecule has 0 aliphatic carbocycles. The lowest BCUT2D eigenvalue weighted by molar-refractivity contribution is 0.520. The highest BCUT2D eigenvalue weighted by Crippen LogP contribution is 2.24. The van der Waals surface area contributed by atoms with E-state index in [9.17, 15) is 8.78 Å². The van der Waals surface area contributed by atoms with Crippen LogP contribution in [0.5, 0.6) is 0 Å². The van der Waals surface area contributed by atoms with Crippen LogP contribution in [0.2, 0.25) is 0 Å². The number of hydrogen-bond donors (Lipinski definition) is 1. The smallest absolute Gasteiger partial charge is 0.133 e. The second-order valence-electron chi connectivity index (χ2n) is 4.89. The van der Waals surface area contributed by atoms with E-state index < -0.39 is 17.7 Å². The van der Waals surface area contributed by atoms with Crippen molar-refractivity contribution in [2.45, 2.75) is 26.3 Å². The molecular weight excluding hydrogens is 244 g/mol. The first-order valence-corrected chi connectivity index (χ1v) is 6.24. The molecular formula is C16H17F2N. The summed E-state index contributed by atoms with van der Waals surface area (Å²) in [6.45, 7) is 3.60. The summed E-state index contributed by atoms with van der Waals surface area (Å²) in [5, 5.41) is 0. The van der Waals surface area contributed by atoms with Crippen LogP contribution in [0.3, 0.4) is 0 Å². The molecule has 2 N–H and O–H groups in total. The van der Waals surface area contributed by atoms with Gasteiger partial charge in [-0.3, -0.25) is 0 Å². The third-order valence-electron chi connectivity index (χ3n) is 3.27. The molecule has 0 heterocycles. The third-order valence-corrected chi connectivity index (χ3v) is 3.27. The number of nitrogens with two attached hydrogens (primary N) is 1. The van der Waals surface area contributed by atoms with Gasteiger partial charge in [0.1, 0.15) is 11.6 Å². The Balaban J connectivity index is 2.27. The van der Waals surface area contributed by atoms with Crippen molar-refractivity contribution < 1.29 is 8.78 Å². The first-order chi connectivity index (χ1) is 8.99. The Morgan fingerprint density at radius 3 is 2.26 bits per heavy atom. The molecule has 0 aliphatic heterocycles. The molecule has 0 spiro atoms. The molecule has 0 saturated heterocycles. The molecule has 2 aromatic carbocycles. The van der Waals surface area contributed by atoms with Gasteiger partial charge in [-0.2, -0.15) is 0 Å². The maximum absolute atomic E-state index is 14.0. The van der Waals surface area contributed by atoms with Crippen LogP contribution in [-0.2, 0) is 6.42 Å². The van der Waals surface area contributed by atoms with Crippen molar-refractivity contribution in [3.8, 4) is 0 Å². The molecule has 0 aliphatic rings. The molecule has 1 unspecified atom stereocenters. The summed E-state index contributed by atoms with van der Waals surface area (Å²) in [5.74, 6) is -1.12. The van der Waals surface area contributed by atoms with Crippen LogP contribution in [0.25, 0.3) is 0 Å². The Morgan fingerprint density at radius 1 is 1.00 bits per heavy atom. The molecule has 0 bridgehead atoms. The van der Waals surface area contributed by atoms with Gasteiger partial charge in [0, 0.05) is 11.6 Å². The molecule has 100 valence electrons. The van der Waals surface area contributed by atoms with Crippen LogP contribution < -0.4 is 5.73 Å². The van der Waals surface area contributed by atoms with Crippen LogP contribution in [-0.4, -0.2) is 0 Å². The fraction of sp³-hybridized carbons (Fsp3) is 0.250. The zero-order valence-electron chi connectivity index (χ0n) is 11.1. The van der Waals surface area contributed by atoms with Crippen LogP contribution in [0.4, 0.5) is 8.78 Å². The van der Waals surface area contributed by atoms with E-state index in [-0.39, 0.29) is 5.56 Å². The van der Waals surface area contributed by atoms with E-state index in [1.807, 2.05) is 31.2 Å². The lowest BCUT2D eigenvalue weighted by Gasteiger charge is -2.15. The summed E-state index contributed by atoms with van der Waals surface area (Å²) in [5.41, 5.74) is 8.46. The van der Waals surface area contributed by atoms with Crippen molar-refractivity contribution in [3.05, 3.63) is 70.3 Å². The summed E-state index contributed by atoms with van der Waals surface area (Å²) in [4.78, 5) is 0. The molecule has 2 aromatic rings. The predicted molar refractivity (Wildman–Crippen MR) is 72.9 cm³/mol. The molecule has 1 atom stereocenters. The fourth-order valence-electron chi connectivity index (χ4n) is 2.10. The average molecular weight is 261 g/mol. The predicted octanol–water partition coefficient (Wildman–Crippen LogP) is 3.82. The fourth-order valence-corrected chi connectivity index (χ4v) is 2.10. The highest BCUT2D eigenvalue weighted by atomic mass is 19.1. The highest BCUT2D eigenvalue weighted by molar-refractivity contribution is 5.31. The van der Waals surface area contributed by atoms with E-state index in [1.165, 1.54) is 12.1 Å². The quantitative estimate of drug-likeness (QED) is 0.893. The second-order valence-corrected chi connectivity index (χ2v) is 4.89. The average Bonchev–Trinajstić information content (AvgIpc) is 2.37. The lowest BCUT2D eigenvalue weighted by atomic mass is 9.96. The van der Waals surface area contributed by atoms with Crippen molar-refractivity contribution in [3.63, 3.8) is 0 Å². The van der Waals surface area contributed by atoms with Crippen LogP contribution in [0.15, 0.2) is 36.4 Å². The summed E-state index contributed by atoms with van der Waals surface area (Å²) < 4.78 is 27.7. The highest BCUT2D eigenvalue weighted by Gasteiger charge is 2.18. The molecule has 0 fully saturated rings. The van der Waals surface area contributed by atoms with E-state index in [0.29, 0.717) is 12.0 Å². The van der Waals surface area contributed by atoms with Crippen molar-refractivity contribution in [1.29, 1.82) is 0 Å². The van der Waals surface area contributed by atoms with Gasteiger partial charge >= 0.3 is 0 Å². The number of benzene rings is 2. The van der Waals surface area contributed by atoms with Gasteiger partial charge in [-0.25, -0.2) is 8.78 Å². The van der Waals surface area contributed by atoms with Crippen molar-refractivity contribution >= 4 is 0 Å². The van der Waals surface area contributed by atoms with E-state index in [4.69, 9.17) is 5.73 Å². The van der Waals surface area contributed by atoms with Gasteiger partial charge in [-0.15, -0.1) is 0 Å². The normalized spacial score (nSPS) is 12.5. The number of halogens is 2. The van der Waals surface area contributed by atoms with Crippen molar-refractivity contribution in [1.82, 2.24) is 0 Å². The zero-order chi connectivity index (χ0) is 14.0. The molecule has 1 nitrogen and oxygen atoms in total. The summed E-state index contributed by atoms with van der Waals surface area (Å²) >= 11 is 0. The molecule has 3 heteroatoms. The Bertz CT molecular complexity index is 576. The summed E-state index contributed by atoms with van der Waals surface area (Å²) in [6, 6.07) is 9.80. The summed E-state index contributed by atoms with van der Waals surface area (Å²) in [6.07, 6.45) is 0.414. The van der Waals surface area contributed by atoms with Gasteiger partial charge in [0.15, 0.2) is 0 Å². The number of hydrogen-bond acceptors (Lipinski definition) is 1. The van der Waals surface area contributed by atoms with Crippen LogP contribution in [0, 0.1) is 25.5 Å². The standard InChI is InChI=1S/C16H17F2N/c1-10-3-6-12(7-4-10)9-14(19)15-13(17)8-5-11(2)16(15)18/h3-8,14H,9,19H2,1-2H3. The zero-order valence-corrected chi connectivity index (χ0v) is 11.1. The van der Waals surface area contributed by atoms with E-state index in [0.717, 1.165) is 11.1 Å². The first-order valence-electron chi connectivity index (χ1n) is 6.24. The number of aryl methyl sites for hydroxylation is 2. The Kier molecular flexibility index (Phi) is 3.96. The van der Waals surface area contributed by atoms with Gasteiger partial charge in [-0.05, 0) is 37.5 Å². The Labute approximate surface area is 112 Å². The van der Waals surface area contributed by atoms with Gasteiger partial charge < -0.3 is 5.73 Å². The van der Waals surface area contributed by atoms with Crippen LogP contribution in [0.1, 0.15) is 28.3 Å². The van der Waals surface area contributed by atoms with Gasteiger partial charge in [0.2, 0.25) is 0 Å². The number of rotatable bonds is 3. The molecule has 19 heavy (non-hydrogen) atoms. The molecule has 0 saturated carbocycles. The van der Waals surface area contributed by atoms with Crippen molar-refractivity contribution in [2.75, 3.05) is 0 Å². The maximum Gasteiger partial charge on any atom is 0.133 e. The molecule has 0 aromatic heterocycles. The van der Waals surface area contributed by atoms with E-state index >= 15 is 0 Å². The third kappa shape index (κ3) is 2.99. The first kappa shape index (κ1) is 13.7. The van der Waals surface area contributed by atoms with E-state index in [2.05, 4.69) is 0 Å². The van der Waals surface area contributed by atoms with Gasteiger partial charge in [0.25, 0.3) is 0 Å². The molecule has 2 rings (SSSR count). The van der Waals surface area contributed by atoms with Gasteiger partial charge in [-0.1, -0.05) is 35.9 Å². The van der Waals surface area contributed by atoms with E-state index in [1.54, 1.807) is 6.92 Å².